The van der Waals surface area contributed by atoms with Crippen LogP contribution in [0.15, 0.2) is 59.5 Å². The molecule has 2 heterocycles. The Balaban J connectivity index is 1.50. The van der Waals surface area contributed by atoms with Crippen LogP contribution in [0.4, 0.5) is 5.69 Å². The van der Waals surface area contributed by atoms with Crippen LogP contribution in [0.5, 0.6) is 0 Å². The molecule has 11 heteroatoms. The number of benzene rings is 3. The maximum atomic E-state index is 13.9. The van der Waals surface area contributed by atoms with E-state index in [0.29, 0.717) is 30.3 Å². The van der Waals surface area contributed by atoms with Crippen molar-refractivity contribution in [3.8, 4) is 0 Å². The smallest absolute Gasteiger partial charge is 0.306 e. The average Bonchev–Trinajstić information content (AvgIpc) is 3.34. The summed E-state index contributed by atoms with van der Waals surface area (Å²) in [4.78, 5) is 17.9. The van der Waals surface area contributed by atoms with Gasteiger partial charge in [-0.15, -0.1) is 5.10 Å². The number of para-hydroxylation sites is 1. The Hall–Kier alpha value is -3.80. The van der Waals surface area contributed by atoms with E-state index >= 15 is 0 Å². The van der Waals surface area contributed by atoms with Gasteiger partial charge < -0.3 is 14.5 Å². The minimum atomic E-state index is -3.73. The SMILES string of the molecule is Cc1ccc(C(CC(=O)OCC(C)(C)CN(C)C)c2ccc3c(nnn3C)c2C)cc1CN1CCN(C)c2ccccc2S1(=O)=O. The van der Waals surface area contributed by atoms with Gasteiger partial charge in [0.25, 0.3) is 0 Å². The number of nitrogens with zero attached hydrogens (tertiary/aromatic N) is 6. The molecule has 0 bridgehead atoms. The van der Waals surface area contributed by atoms with Crippen LogP contribution >= 0.6 is 0 Å². The lowest BCUT2D eigenvalue weighted by atomic mass is 9.84. The van der Waals surface area contributed by atoms with E-state index in [1.807, 2.05) is 83.3 Å². The molecule has 0 saturated carbocycles. The molecule has 0 aliphatic carbocycles. The van der Waals surface area contributed by atoms with Crippen LogP contribution in [0.2, 0.25) is 0 Å². The van der Waals surface area contributed by atoms with Crippen molar-refractivity contribution in [2.45, 2.75) is 51.5 Å². The first-order chi connectivity index (χ1) is 21.7. The number of carbonyl (C=O) groups is 1. The summed E-state index contributed by atoms with van der Waals surface area (Å²) in [5.74, 6) is -0.616. The Morgan fingerprint density at radius 2 is 1.78 bits per heavy atom. The van der Waals surface area contributed by atoms with Crippen molar-refractivity contribution < 1.29 is 17.9 Å². The molecule has 46 heavy (non-hydrogen) atoms. The van der Waals surface area contributed by atoms with Gasteiger partial charge in [0.15, 0.2) is 0 Å². The second kappa shape index (κ2) is 13.1. The molecule has 0 saturated heterocycles. The predicted molar refractivity (Wildman–Crippen MR) is 181 cm³/mol. The number of aryl methyl sites for hydroxylation is 3. The molecule has 1 atom stereocenters. The molecule has 1 unspecified atom stereocenters. The molecule has 3 aromatic carbocycles. The molecule has 0 spiro atoms. The fourth-order valence-electron chi connectivity index (χ4n) is 6.50. The van der Waals surface area contributed by atoms with Crippen LogP contribution in [-0.4, -0.2) is 86.0 Å². The minimum Gasteiger partial charge on any atom is -0.465 e. The molecule has 10 nitrogen and oxygen atoms in total. The molecule has 1 aliphatic rings. The number of sulfonamides is 1. The maximum Gasteiger partial charge on any atom is 0.306 e. The van der Waals surface area contributed by atoms with Crippen molar-refractivity contribution in [2.24, 2.45) is 12.5 Å². The summed E-state index contributed by atoms with van der Waals surface area (Å²) in [5, 5.41) is 8.61. The van der Waals surface area contributed by atoms with Crippen molar-refractivity contribution in [1.82, 2.24) is 24.2 Å². The van der Waals surface area contributed by atoms with Gasteiger partial charge in [-0.1, -0.05) is 55.5 Å². The van der Waals surface area contributed by atoms with E-state index in [1.165, 1.54) is 0 Å². The number of esters is 1. The average molecular weight is 647 g/mol. The number of aromatic nitrogens is 3. The second-order valence-electron chi connectivity index (χ2n) is 13.6. The van der Waals surface area contributed by atoms with Gasteiger partial charge in [0.2, 0.25) is 10.0 Å². The molecular formula is C35H46N6O4S. The van der Waals surface area contributed by atoms with E-state index in [0.717, 1.165) is 45.4 Å². The van der Waals surface area contributed by atoms with Crippen molar-refractivity contribution >= 4 is 32.7 Å². The van der Waals surface area contributed by atoms with Crippen LogP contribution < -0.4 is 4.90 Å². The molecular weight excluding hydrogens is 600 g/mol. The summed E-state index contributed by atoms with van der Waals surface area (Å²) in [6.07, 6.45) is 0.132. The molecule has 1 aromatic heterocycles. The maximum absolute atomic E-state index is 13.9. The Labute approximate surface area is 273 Å². The highest BCUT2D eigenvalue weighted by atomic mass is 32.2. The fourth-order valence-corrected chi connectivity index (χ4v) is 8.15. The number of rotatable bonds is 10. The lowest BCUT2D eigenvalue weighted by Gasteiger charge is -2.28. The van der Waals surface area contributed by atoms with Crippen molar-refractivity contribution in [3.05, 3.63) is 82.4 Å². The highest BCUT2D eigenvalue weighted by Crippen LogP contribution is 2.36. The van der Waals surface area contributed by atoms with Crippen LogP contribution in [0, 0.1) is 19.3 Å². The summed E-state index contributed by atoms with van der Waals surface area (Å²) in [5.41, 5.74) is 6.92. The van der Waals surface area contributed by atoms with E-state index in [9.17, 15) is 13.2 Å². The van der Waals surface area contributed by atoms with E-state index in [4.69, 9.17) is 4.74 Å². The fraction of sp³-hybridized carbons (Fsp3) is 0.457. The third-order valence-corrected chi connectivity index (χ3v) is 10.8. The predicted octanol–water partition coefficient (Wildman–Crippen LogP) is 4.88. The summed E-state index contributed by atoms with van der Waals surface area (Å²) >= 11 is 0. The number of fused-ring (bicyclic) bond motifs is 2. The van der Waals surface area contributed by atoms with E-state index < -0.39 is 10.0 Å². The second-order valence-corrected chi connectivity index (χ2v) is 15.5. The zero-order valence-corrected chi connectivity index (χ0v) is 29.1. The van der Waals surface area contributed by atoms with Crippen LogP contribution in [0.3, 0.4) is 0 Å². The first-order valence-electron chi connectivity index (χ1n) is 15.7. The normalized spacial score (nSPS) is 16.0. The van der Waals surface area contributed by atoms with Crippen LogP contribution in [-0.2, 0) is 33.1 Å². The monoisotopic (exact) mass is 646 g/mol. The van der Waals surface area contributed by atoms with Gasteiger partial charge in [0, 0.05) is 51.6 Å². The van der Waals surface area contributed by atoms with Crippen molar-refractivity contribution in [2.75, 3.05) is 52.3 Å². The Morgan fingerprint density at radius 1 is 1.04 bits per heavy atom. The van der Waals surface area contributed by atoms with Gasteiger partial charge >= 0.3 is 5.97 Å². The standard InChI is InChI=1S/C35H46N6O4S/c1-24-13-14-26(19-27(24)21-41-18-17-39(7)30-11-9-10-12-32(30)46(41,43)44)29(20-33(42)45-23-35(3,4)22-38(5)6)28-15-16-31-34(25(28)2)36-37-40(31)8/h9-16,19,29H,17-18,20-23H2,1-8H3. The quantitative estimate of drug-likeness (QED) is 0.225. The van der Waals surface area contributed by atoms with Crippen LogP contribution in [0.1, 0.15) is 54.0 Å². The van der Waals surface area contributed by atoms with Gasteiger partial charge in [-0.2, -0.15) is 4.31 Å². The minimum absolute atomic E-state index is 0.132. The number of ether oxygens (including phenoxy) is 1. The number of anilines is 1. The summed E-state index contributed by atoms with van der Waals surface area (Å²) < 4.78 is 37.0. The largest absolute Gasteiger partial charge is 0.465 e. The Kier molecular flexibility index (Phi) is 9.58. The number of carbonyl (C=O) groups excluding carboxylic acids is 1. The van der Waals surface area contributed by atoms with Crippen molar-refractivity contribution in [3.63, 3.8) is 0 Å². The Bertz CT molecular complexity index is 1850. The molecule has 0 fully saturated rings. The van der Waals surface area contributed by atoms with Crippen molar-refractivity contribution in [1.29, 1.82) is 0 Å². The summed E-state index contributed by atoms with van der Waals surface area (Å²) in [6.45, 7) is 10.4. The topological polar surface area (TPSA) is 101 Å². The number of hydrogen-bond donors (Lipinski definition) is 0. The van der Waals surface area contributed by atoms with E-state index in [2.05, 4.69) is 35.1 Å². The highest BCUT2D eigenvalue weighted by molar-refractivity contribution is 7.89. The number of likely N-dealkylation sites (N-methyl/N-ethyl adjacent to an activating group) is 1. The van der Waals surface area contributed by atoms with Crippen LogP contribution in [0.25, 0.3) is 11.0 Å². The van der Waals surface area contributed by atoms with E-state index in [-0.39, 0.29) is 30.3 Å². The third kappa shape index (κ3) is 6.96. The molecule has 0 radical (unpaired) electrons. The van der Waals surface area contributed by atoms with Gasteiger partial charge in [0.05, 0.1) is 24.2 Å². The molecule has 246 valence electrons. The first-order valence-corrected chi connectivity index (χ1v) is 17.1. The molecule has 5 rings (SSSR count). The van der Waals surface area contributed by atoms with E-state index in [1.54, 1.807) is 21.1 Å². The molecule has 1 aliphatic heterocycles. The third-order valence-electron chi connectivity index (χ3n) is 8.89. The zero-order valence-electron chi connectivity index (χ0n) is 28.2. The lowest BCUT2D eigenvalue weighted by molar-refractivity contribution is -0.147. The Morgan fingerprint density at radius 3 is 2.52 bits per heavy atom. The van der Waals surface area contributed by atoms with Gasteiger partial charge in [0.1, 0.15) is 10.4 Å². The zero-order chi connectivity index (χ0) is 33.4. The lowest BCUT2D eigenvalue weighted by Crippen LogP contribution is -2.33. The molecule has 0 amide bonds. The van der Waals surface area contributed by atoms with Gasteiger partial charge in [-0.3, -0.25) is 4.79 Å². The van der Waals surface area contributed by atoms with Gasteiger partial charge in [-0.05, 0) is 74.0 Å². The van der Waals surface area contributed by atoms with Gasteiger partial charge in [-0.25, -0.2) is 13.1 Å². The summed E-state index contributed by atoms with van der Waals surface area (Å²) in [7, 11) is 4.06. The summed E-state index contributed by atoms with van der Waals surface area (Å²) in [6, 6.07) is 17.3. The molecule has 4 aromatic rings. The molecule has 0 N–H and O–H groups in total. The highest BCUT2D eigenvalue weighted by Gasteiger charge is 2.32. The number of hydrogen-bond acceptors (Lipinski definition) is 8. The first kappa shape index (κ1) is 33.6.